The van der Waals surface area contributed by atoms with Crippen LogP contribution in [0.25, 0.3) is 0 Å². The molecule has 62 valence electrons. The summed E-state index contributed by atoms with van der Waals surface area (Å²) in [6.07, 6.45) is -1.74. The second-order valence-electron chi connectivity index (χ2n) is 2.23. The van der Waals surface area contributed by atoms with Gasteiger partial charge >= 0.3 is 0 Å². The van der Waals surface area contributed by atoms with Gasteiger partial charge in [0.25, 0.3) is 6.43 Å². The summed E-state index contributed by atoms with van der Waals surface area (Å²) >= 11 is 0. The zero-order valence-corrected chi connectivity index (χ0v) is 6.02. The van der Waals surface area contributed by atoms with Gasteiger partial charge in [0.05, 0.1) is 0 Å². The van der Waals surface area contributed by atoms with Crippen molar-refractivity contribution in [2.75, 3.05) is 13.2 Å². The van der Waals surface area contributed by atoms with E-state index in [2.05, 4.69) is 4.74 Å². The molecule has 10 heavy (non-hydrogen) atoms. The lowest BCUT2D eigenvalue weighted by Gasteiger charge is -2.04. The van der Waals surface area contributed by atoms with Crippen LogP contribution in [0.15, 0.2) is 0 Å². The van der Waals surface area contributed by atoms with Crippen LogP contribution in [-0.4, -0.2) is 25.7 Å². The minimum Gasteiger partial charge on any atom is -0.375 e. The molecule has 0 heterocycles. The highest BCUT2D eigenvalue weighted by molar-refractivity contribution is 4.50. The maximum absolute atomic E-state index is 11.4. The number of halogens is 2. The van der Waals surface area contributed by atoms with Crippen LogP contribution in [0.4, 0.5) is 8.78 Å². The fraction of sp³-hybridized carbons (Fsp3) is 1.00. The summed E-state index contributed by atoms with van der Waals surface area (Å²) in [5.41, 5.74) is 5.34. The number of nitrogens with two attached hydrogens (primary N) is 1. The third kappa shape index (κ3) is 7.78. The molecule has 0 aromatic rings. The molecular formula is C6H13F2NO. The average molecular weight is 153 g/mol. The van der Waals surface area contributed by atoms with Crippen molar-refractivity contribution in [3.8, 4) is 0 Å². The molecular weight excluding hydrogens is 140 g/mol. The first kappa shape index (κ1) is 9.78. The van der Waals surface area contributed by atoms with Crippen molar-refractivity contribution in [1.29, 1.82) is 0 Å². The summed E-state index contributed by atoms with van der Waals surface area (Å²) in [6.45, 7) is 1.65. The molecule has 0 saturated heterocycles. The summed E-state index contributed by atoms with van der Waals surface area (Å²) in [5, 5.41) is 0. The van der Waals surface area contributed by atoms with Gasteiger partial charge in [-0.1, -0.05) is 0 Å². The molecule has 0 unspecified atom stereocenters. The largest absolute Gasteiger partial charge is 0.375 e. The minimum absolute atomic E-state index is 0.0256. The summed E-state index contributed by atoms with van der Waals surface area (Å²) in [5.74, 6) is 0. The maximum atomic E-state index is 11.4. The molecule has 0 aliphatic heterocycles. The zero-order chi connectivity index (χ0) is 7.98. The second kappa shape index (κ2) is 5.56. The van der Waals surface area contributed by atoms with Gasteiger partial charge in [-0.05, 0) is 13.3 Å². The van der Waals surface area contributed by atoms with Crippen molar-refractivity contribution < 1.29 is 13.5 Å². The van der Waals surface area contributed by atoms with Crippen molar-refractivity contribution in [2.24, 2.45) is 5.73 Å². The minimum atomic E-state index is -2.37. The standard InChI is InChI=1S/C6H13F2NO/c1-5(9)2-3-10-4-6(7)8/h5-6H,2-4,9H2,1H3/t5-/m0/s1. The molecule has 0 spiro atoms. The second-order valence-corrected chi connectivity index (χ2v) is 2.23. The van der Waals surface area contributed by atoms with Crippen LogP contribution in [0.2, 0.25) is 0 Å². The molecule has 0 aromatic heterocycles. The molecule has 1 atom stereocenters. The average Bonchev–Trinajstić information content (AvgIpc) is 1.79. The van der Waals surface area contributed by atoms with Gasteiger partial charge in [-0.25, -0.2) is 8.78 Å². The lowest BCUT2D eigenvalue weighted by molar-refractivity contribution is 0.0156. The van der Waals surface area contributed by atoms with E-state index >= 15 is 0 Å². The summed E-state index contributed by atoms with van der Waals surface area (Å²) in [4.78, 5) is 0. The zero-order valence-electron chi connectivity index (χ0n) is 6.02. The van der Waals surface area contributed by atoms with Gasteiger partial charge in [-0.3, -0.25) is 0 Å². The van der Waals surface area contributed by atoms with E-state index in [-0.39, 0.29) is 6.04 Å². The number of hydrogen-bond acceptors (Lipinski definition) is 2. The highest BCUT2D eigenvalue weighted by Crippen LogP contribution is 1.94. The van der Waals surface area contributed by atoms with Crippen LogP contribution < -0.4 is 5.73 Å². The normalized spacial score (nSPS) is 14.1. The van der Waals surface area contributed by atoms with Crippen molar-refractivity contribution in [3.63, 3.8) is 0 Å². The van der Waals surface area contributed by atoms with Gasteiger partial charge in [-0.15, -0.1) is 0 Å². The Balaban J connectivity index is 2.91. The first-order valence-corrected chi connectivity index (χ1v) is 3.24. The Morgan fingerprint density at radius 1 is 1.50 bits per heavy atom. The van der Waals surface area contributed by atoms with E-state index in [1.807, 2.05) is 6.92 Å². The third-order valence-corrected chi connectivity index (χ3v) is 0.961. The Morgan fingerprint density at radius 2 is 2.10 bits per heavy atom. The topological polar surface area (TPSA) is 35.2 Å². The molecule has 2 N–H and O–H groups in total. The van der Waals surface area contributed by atoms with Gasteiger partial charge in [-0.2, -0.15) is 0 Å². The van der Waals surface area contributed by atoms with E-state index < -0.39 is 13.0 Å². The fourth-order valence-corrected chi connectivity index (χ4v) is 0.442. The van der Waals surface area contributed by atoms with Crippen molar-refractivity contribution >= 4 is 0 Å². The molecule has 0 radical (unpaired) electrons. The van der Waals surface area contributed by atoms with Crippen LogP contribution in [0.3, 0.4) is 0 Å². The van der Waals surface area contributed by atoms with Crippen molar-refractivity contribution in [2.45, 2.75) is 25.8 Å². The Kier molecular flexibility index (Phi) is 5.43. The first-order valence-electron chi connectivity index (χ1n) is 3.24. The van der Waals surface area contributed by atoms with Gasteiger partial charge in [0, 0.05) is 12.6 Å². The van der Waals surface area contributed by atoms with Crippen molar-refractivity contribution in [3.05, 3.63) is 0 Å². The SMILES string of the molecule is C[C@H](N)CCOCC(F)F. The Bertz CT molecular complexity index is 68.1. The molecule has 0 rings (SSSR count). The fourth-order valence-electron chi connectivity index (χ4n) is 0.442. The van der Waals surface area contributed by atoms with Crippen LogP contribution >= 0.6 is 0 Å². The van der Waals surface area contributed by atoms with E-state index in [0.29, 0.717) is 13.0 Å². The van der Waals surface area contributed by atoms with Gasteiger partial charge < -0.3 is 10.5 Å². The van der Waals surface area contributed by atoms with Crippen molar-refractivity contribution in [1.82, 2.24) is 0 Å². The molecule has 0 fully saturated rings. The number of rotatable bonds is 5. The van der Waals surface area contributed by atoms with E-state index in [1.165, 1.54) is 0 Å². The van der Waals surface area contributed by atoms with Gasteiger partial charge in [0.15, 0.2) is 0 Å². The van der Waals surface area contributed by atoms with Crippen LogP contribution in [0.1, 0.15) is 13.3 Å². The summed E-state index contributed by atoms with van der Waals surface area (Å²) in [6, 6.07) is 0.0256. The van der Waals surface area contributed by atoms with E-state index in [9.17, 15) is 8.78 Å². The first-order chi connectivity index (χ1) is 4.63. The number of alkyl halides is 2. The molecule has 0 amide bonds. The summed E-state index contributed by atoms with van der Waals surface area (Å²) in [7, 11) is 0. The van der Waals surface area contributed by atoms with E-state index in [0.717, 1.165) is 0 Å². The molecule has 0 saturated carbocycles. The number of hydrogen-bond donors (Lipinski definition) is 1. The van der Waals surface area contributed by atoms with Crippen LogP contribution in [0.5, 0.6) is 0 Å². The molecule has 0 aromatic carbocycles. The number of ether oxygens (including phenoxy) is 1. The van der Waals surface area contributed by atoms with E-state index in [4.69, 9.17) is 5.73 Å². The van der Waals surface area contributed by atoms with Gasteiger partial charge in [0.2, 0.25) is 0 Å². The summed E-state index contributed by atoms with van der Waals surface area (Å²) < 4.78 is 27.4. The maximum Gasteiger partial charge on any atom is 0.261 e. The molecule has 0 bridgehead atoms. The Hall–Kier alpha value is -0.220. The van der Waals surface area contributed by atoms with Crippen LogP contribution in [0, 0.1) is 0 Å². The monoisotopic (exact) mass is 153 g/mol. The molecule has 4 heteroatoms. The molecule has 0 aliphatic carbocycles. The van der Waals surface area contributed by atoms with E-state index in [1.54, 1.807) is 0 Å². The molecule has 2 nitrogen and oxygen atoms in total. The lowest BCUT2D eigenvalue weighted by atomic mass is 10.3. The quantitative estimate of drug-likeness (QED) is 0.598. The smallest absolute Gasteiger partial charge is 0.261 e. The lowest BCUT2D eigenvalue weighted by Crippen LogP contribution is -2.18. The Morgan fingerprint density at radius 3 is 2.50 bits per heavy atom. The van der Waals surface area contributed by atoms with Crippen LogP contribution in [-0.2, 0) is 4.74 Å². The third-order valence-electron chi connectivity index (χ3n) is 0.961. The molecule has 0 aliphatic rings. The predicted molar refractivity (Wildman–Crippen MR) is 35.1 cm³/mol. The predicted octanol–water partition coefficient (Wildman–Crippen LogP) is 1.01. The highest BCUT2D eigenvalue weighted by Gasteiger charge is 2.01. The van der Waals surface area contributed by atoms with Gasteiger partial charge in [0.1, 0.15) is 6.61 Å². The Labute approximate surface area is 59.3 Å². The highest BCUT2D eigenvalue weighted by atomic mass is 19.3.